The molecule has 0 fully saturated rings. The molecule has 2 rings (SSSR count). The van der Waals surface area contributed by atoms with Crippen molar-refractivity contribution in [2.75, 3.05) is 0 Å². The fourth-order valence-corrected chi connectivity index (χ4v) is 2.45. The van der Waals surface area contributed by atoms with Crippen molar-refractivity contribution >= 4 is 21.8 Å². The van der Waals surface area contributed by atoms with Crippen LogP contribution in [0.2, 0.25) is 0 Å². The molecule has 1 atom stereocenters. The van der Waals surface area contributed by atoms with E-state index in [9.17, 15) is 4.79 Å². The highest BCUT2D eigenvalue weighted by molar-refractivity contribution is 9.10. The molecule has 1 unspecified atom stereocenters. The number of nitrogens with one attached hydrogen (secondary N) is 1. The third-order valence-electron chi connectivity index (χ3n) is 3.17. The summed E-state index contributed by atoms with van der Waals surface area (Å²) < 4.78 is 0.994. The minimum Gasteiger partial charge on any atom is -0.349 e. The van der Waals surface area contributed by atoms with Crippen molar-refractivity contribution in [3.05, 3.63) is 69.7 Å². The van der Waals surface area contributed by atoms with E-state index < -0.39 is 0 Å². The van der Waals surface area contributed by atoms with Gasteiger partial charge in [-0.15, -0.1) is 0 Å². The standard InChI is InChI=1S/C17H15BrN2O/c1-12(15-3-2-4-16(18)10-15)20-17(21)9-13-5-7-14(11-19)8-6-13/h2-8,10,12H,9H2,1H3,(H,20,21). The Kier molecular flexibility index (Phi) is 5.13. The first-order chi connectivity index (χ1) is 10.1. The molecule has 2 aromatic carbocycles. The van der Waals surface area contributed by atoms with E-state index in [0.29, 0.717) is 12.0 Å². The molecule has 0 aliphatic rings. The predicted octanol–water partition coefficient (Wildman–Crippen LogP) is 3.74. The molecule has 0 radical (unpaired) electrons. The lowest BCUT2D eigenvalue weighted by Crippen LogP contribution is -2.28. The number of carbonyl (C=O) groups excluding carboxylic acids is 1. The number of nitriles is 1. The van der Waals surface area contributed by atoms with E-state index in [4.69, 9.17) is 5.26 Å². The first kappa shape index (κ1) is 15.3. The number of benzene rings is 2. The highest BCUT2D eigenvalue weighted by atomic mass is 79.9. The fraction of sp³-hybridized carbons (Fsp3) is 0.176. The van der Waals surface area contributed by atoms with Gasteiger partial charge < -0.3 is 5.32 Å². The van der Waals surface area contributed by atoms with Gasteiger partial charge >= 0.3 is 0 Å². The molecule has 1 amide bonds. The van der Waals surface area contributed by atoms with Gasteiger partial charge in [0.15, 0.2) is 0 Å². The summed E-state index contributed by atoms with van der Waals surface area (Å²) in [5, 5.41) is 11.7. The summed E-state index contributed by atoms with van der Waals surface area (Å²) in [6.07, 6.45) is 0.310. The molecule has 21 heavy (non-hydrogen) atoms. The lowest BCUT2D eigenvalue weighted by atomic mass is 10.1. The highest BCUT2D eigenvalue weighted by Gasteiger charge is 2.10. The van der Waals surface area contributed by atoms with Crippen LogP contribution in [0.1, 0.15) is 29.7 Å². The fourth-order valence-electron chi connectivity index (χ4n) is 2.03. The van der Waals surface area contributed by atoms with Crippen LogP contribution in [0, 0.1) is 11.3 Å². The van der Waals surface area contributed by atoms with E-state index in [2.05, 4.69) is 27.3 Å². The Morgan fingerprint density at radius 1 is 1.29 bits per heavy atom. The second-order valence-corrected chi connectivity index (χ2v) is 5.75. The van der Waals surface area contributed by atoms with E-state index in [1.165, 1.54) is 0 Å². The Bertz CT molecular complexity index is 674. The third-order valence-corrected chi connectivity index (χ3v) is 3.67. The summed E-state index contributed by atoms with van der Waals surface area (Å²) >= 11 is 3.42. The van der Waals surface area contributed by atoms with Crippen molar-refractivity contribution in [1.82, 2.24) is 5.32 Å². The smallest absolute Gasteiger partial charge is 0.224 e. The largest absolute Gasteiger partial charge is 0.349 e. The van der Waals surface area contributed by atoms with Crippen LogP contribution in [0.4, 0.5) is 0 Å². The minimum atomic E-state index is -0.0478. The van der Waals surface area contributed by atoms with Gasteiger partial charge in [0, 0.05) is 4.47 Å². The first-order valence-electron chi connectivity index (χ1n) is 6.62. The van der Waals surface area contributed by atoms with Gasteiger partial charge in [-0.25, -0.2) is 0 Å². The number of hydrogen-bond acceptors (Lipinski definition) is 2. The second kappa shape index (κ2) is 7.05. The summed E-state index contributed by atoms with van der Waals surface area (Å²) in [6, 6.07) is 17.0. The Hall–Kier alpha value is -2.12. The van der Waals surface area contributed by atoms with Crippen LogP contribution in [-0.2, 0) is 11.2 Å². The SMILES string of the molecule is CC(NC(=O)Cc1ccc(C#N)cc1)c1cccc(Br)c1. The van der Waals surface area contributed by atoms with Gasteiger partial charge in [-0.1, -0.05) is 40.2 Å². The molecule has 2 aromatic rings. The summed E-state index contributed by atoms with van der Waals surface area (Å²) in [5.41, 5.74) is 2.55. The zero-order chi connectivity index (χ0) is 15.2. The Balaban J connectivity index is 1.96. The van der Waals surface area contributed by atoms with Crippen LogP contribution in [0.15, 0.2) is 53.0 Å². The predicted molar refractivity (Wildman–Crippen MR) is 85.6 cm³/mol. The zero-order valence-electron chi connectivity index (χ0n) is 11.6. The van der Waals surface area contributed by atoms with Crippen LogP contribution < -0.4 is 5.32 Å². The van der Waals surface area contributed by atoms with E-state index in [-0.39, 0.29) is 11.9 Å². The van der Waals surface area contributed by atoms with Crippen LogP contribution >= 0.6 is 15.9 Å². The minimum absolute atomic E-state index is 0.0350. The van der Waals surface area contributed by atoms with Gasteiger partial charge in [-0.05, 0) is 42.3 Å². The van der Waals surface area contributed by atoms with E-state index >= 15 is 0 Å². The summed E-state index contributed by atoms with van der Waals surface area (Å²) in [5.74, 6) is -0.0350. The topological polar surface area (TPSA) is 52.9 Å². The molecule has 0 aliphatic heterocycles. The molecule has 106 valence electrons. The van der Waals surface area contributed by atoms with Crippen LogP contribution in [0.5, 0.6) is 0 Å². The van der Waals surface area contributed by atoms with Gasteiger partial charge in [-0.3, -0.25) is 4.79 Å². The number of hydrogen-bond donors (Lipinski definition) is 1. The monoisotopic (exact) mass is 342 g/mol. The first-order valence-corrected chi connectivity index (χ1v) is 7.41. The number of halogens is 1. The van der Waals surface area contributed by atoms with Crippen LogP contribution in [0.3, 0.4) is 0 Å². The van der Waals surface area contributed by atoms with Crippen molar-refractivity contribution in [3.63, 3.8) is 0 Å². The van der Waals surface area contributed by atoms with Crippen molar-refractivity contribution in [3.8, 4) is 6.07 Å². The Morgan fingerprint density at radius 2 is 2.00 bits per heavy atom. The molecule has 0 spiro atoms. The van der Waals surface area contributed by atoms with Crippen LogP contribution in [-0.4, -0.2) is 5.91 Å². The lowest BCUT2D eigenvalue weighted by molar-refractivity contribution is -0.121. The second-order valence-electron chi connectivity index (χ2n) is 4.83. The molecule has 0 aromatic heterocycles. The van der Waals surface area contributed by atoms with Gasteiger partial charge in [0.25, 0.3) is 0 Å². The quantitative estimate of drug-likeness (QED) is 0.919. The summed E-state index contributed by atoms with van der Waals surface area (Å²) in [7, 11) is 0. The zero-order valence-corrected chi connectivity index (χ0v) is 13.2. The number of rotatable bonds is 4. The molecule has 0 heterocycles. The van der Waals surface area contributed by atoms with Crippen LogP contribution in [0.25, 0.3) is 0 Å². The maximum atomic E-state index is 12.0. The number of amides is 1. The van der Waals surface area contributed by atoms with Crippen molar-refractivity contribution in [1.29, 1.82) is 5.26 Å². The Morgan fingerprint density at radius 3 is 2.62 bits per heavy atom. The molecular weight excluding hydrogens is 328 g/mol. The average Bonchev–Trinajstić information content (AvgIpc) is 2.48. The van der Waals surface area contributed by atoms with Crippen molar-refractivity contribution < 1.29 is 4.79 Å². The highest BCUT2D eigenvalue weighted by Crippen LogP contribution is 2.18. The normalized spacial score (nSPS) is 11.5. The number of nitrogens with zero attached hydrogens (tertiary/aromatic N) is 1. The van der Waals surface area contributed by atoms with Gasteiger partial charge in [-0.2, -0.15) is 5.26 Å². The van der Waals surface area contributed by atoms with Gasteiger partial charge in [0.1, 0.15) is 0 Å². The molecule has 0 saturated heterocycles. The molecule has 3 nitrogen and oxygen atoms in total. The maximum Gasteiger partial charge on any atom is 0.224 e. The van der Waals surface area contributed by atoms with E-state index in [1.807, 2.05) is 43.3 Å². The summed E-state index contributed by atoms with van der Waals surface area (Å²) in [4.78, 5) is 12.0. The molecule has 0 aliphatic carbocycles. The average molecular weight is 343 g/mol. The number of carbonyl (C=O) groups is 1. The summed E-state index contributed by atoms with van der Waals surface area (Å²) in [6.45, 7) is 1.96. The van der Waals surface area contributed by atoms with E-state index in [1.54, 1.807) is 12.1 Å². The maximum absolute atomic E-state index is 12.0. The molecule has 4 heteroatoms. The van der Waals surface area contributed by atoms with Gasteiger partial charge in [0.05, 0.1) is 24.1 Å². The molecule has 1 N–H and O–H groups in total. The third kappa shape index (κ3) is 4.44. The van der Waals surface area contributed by atoms with Crippen molar-refractivity contribution in [2.24, 2.45) is 0 Å². The molecule has 0 saturated carbocycles. The van der Waals surface area contributed by atoms with Crippen molar-refractivity contribution in [2.45, 2.75) is 19.4 Å². The van der Waals surface area contributed by atoms with E-state index in [0.717, 1.165) is 15.6 Å². The molecular formula is C17H15BrN2O. The molecule has 0 bridgehead atoms. The lowest BCUT2D eigenvalue weighted by Gasteiger charge is -2.14. The van der Waals surface area contributed by atoms with Gasteiger partial charge in [0.2, 0.25) is 5.91 Å². The Labute approximate surface area is 132 Å².